The fraction of sp³-hybridized carbons (Fsp3) is 0.235. The Balaban J connectivity index is 2.14. The molecule has 0 aliphatic carbocycles. The topological polar surface area (TPSA) is 51.2 Å². The predicted molar refractivity (Wildman–Crippen MR) is 84.2 cm³/mol. The summed E-state index contributed by atoms with van der Waals surface area (Å²) >= 11 is 0. The van der Waals surface area contributed by atoms with E-state index in [4.69, 9.17) is 0 Å². The predicted octanol–water partition coefficient (Wildman–Crippen LogP) is 3.10. The second-order valence-electron chi connectivity index (χ2n) is 5.32. The van der Waals surface area contributed by atoms with Crippen molar-refractivity contribution < 1.29 is 13.2 Å². The van der Waals surface area contributed by atoms with Crippen LogP contribution < -0.4 is 0 Å². The van der Waals surface area contributed by atoms with Crippen molar-refractivity contribution in [2.45, 2.75) is 19.6 Å². The number of aryl methyl sites for hydroxylation is 2. The Labute approximate surface area is 125 Å². The number of hydrogen-bond donors (Lipinski definition) is 0. The molecule has 0 N–H and O–H groups in total. The van der Waals surface area contributed by atoms with Gasteiger partial charge in [0.25, 0.3) is 0 Å². The SMILES string of the molecule is Cc1cc(C)cc(CS(=O)(=O)CC(=O)c2ccccc2)c1. The van der Waals surface area contributed by atoms with Crippen LogP contribution in [0.5, 0.6) is 0 Å². The number of carbonyl (C=O) groups is 1. The van der Waals surface area contributed by atoms with Crippen molar-refractivity contribution in [2.75, 3.05) is 5.75 Å². The van der Waals surface area contributed by atoms with Crippen LogP contribution in [0.1, 0.15) is 27.0 Å². The van der Waals surface area contributed by atoms with Crippen LogP contribution in [-0.4, -0.2) is 20.0 Å². The third-order valence-corrected chi connectivity index (χ3v) is 4.59. The number of carbonyl (C=O) groups excluding carboxylic acids is 1. The lowest BCUT2D eigenvalue weighted by atomic mass is 10.1. The molecule has 2 aromatic carbocycles. The molecule has 2 rings (SSSR count). The molecule has 0 spiro atoms. The third-order valence-electron chi connectivity index (χ3n) is 3.11. The van der Waals surface area contributed by atoms with Gasteiger partial charge in [0.1, 0.15) is 5.75 Å². The van der Waals surface area contributed by atoms with Crippen molar-refractivity contribution in [3.8, 4) is 0 Å². The summed E-state index contributed by atoms with van der Waals surface area (Å²) in [7, 11) is -3.47. The molecule has 21 heavy (non-hydrogen) atoms. The van der Waals surface area contributed by atoms with Crippen molar-refractivity contribution in [3.63, 3.8) is 0 Å². The minimum absolute atomic E-state index is 0.103. The molecule has 3 nitrogen and oxygen atoms in total. The minimum Gasteiger partial charge on any atom is -0.293 e. The highest BCUT2D eigenvalue weighted by Crippen LogP contribution is 2.13. The Morgan fingerprint density at radius 2 is 1.52 bits per heavy atom. The maximum absolute atomic E-state index is 12.2. The van der Waals surface area contributed by atoms with Gasteiger partial charge >= 0.3 is 0 Å². The zero-order valence-corrected chi connectivity index (χ0v) is 13.0. The van der Waals surface area contributed by atoms with E-state index in [-0.39, 0.29) is 11.5 Å². The molecular formula is C17H18O3S. The van der Waals surface area contributed by atoms with E-state index in [1.165, 1.54) is 0 Å². The number of Topliss-reactive ketones (excluding diaryl/α,β-unsaturated/α-hetero) is 1. The second kappa shape index (κ2) is 6.22. The molecule has 0 aromatic heterocycles. The molecule has 0 atom stereocenters. The van der Waals surface area contributed by atoms with Crippen molar-refractivity contribution in [1.29, 1.82) is 0 Å². The first-order valence-corrected chi connectivity index (χ1v) is 8.54. The zero-order valence-electron chi connectivity index (χ0n) is 12.2. The van der Waals surface area contributed by atoms with Gasteiger partial charge in [0.15, 0.2) is 15.6 Å². The number of sulfone groups is 1. The van der Waals surface area contributed by atoms with Crippen LogP contribution in [0.3, 0.4) is 0 Å². The molecule has 0 amide bonds. The molecule has 110 valence electrons. The van der Waals surface area contributed by atoms with Gasteiger partial charge in [-0.1, -0.05) is 59.7 Å². The van der Waals surface area contributed by atoms with Crippen molar-refractivity contribution in [2.24, 2.45) is 0 Å². The van der Waals surface area contributed by atoms with Gasteiger partial charge in [0.2, 0.25) is 0 Å². The second-order valence-corrected chi connectivity index (χ2v) is 7.38. The first-order valence-electron chi connectivity index (χ1n) is 6.71. The molecule has 4 heteroatoms. The monoisotopic (exact) mass is 302 g/mol. The molecule has 0 aliphatic heterocycles. The van der Waals surface area contributed by atoms with Gasteiger partial charge < -0.3 is 0 Å². The van der Waals surface area contributed by atoms with E-state index in [2.05, 4.69) is 0 Å². The van der Waals surface area contributed by atoms with E-state index in [0.717, 1.165) is 16.7 Å². The van der Waals surface area contributed by atoms with Crippen LogP contribution in [0, 0.1) is 13.8 Å². The molecule has 0 heterocycles. The maximum atomic E-state index is 12.2. The third kappa shape index (κ3) is 4.53. The maximum Gasteiger partial charge on any atom is 0.177 e. The van der Waals surface area contributed by atoms with Gasteiger partial charge in [-0.2, -0.15) is 0 Å². The molecule has 0 radical (unpaired) electrons. The Bertz CT molecular complexity index is 727. The molecule has 0 unspecified atom stereocenters. The summed E-state index contributed by atoms with van der Waals surface area (Å²) in [5, 5.41) is 0. The number of ketones is 1. The van der Waals surface area contributed by atoms with Crippen LogP contribution in [0.25, 0.3) is 0 Å². The normalized spacial score (nSPS) is 11.3. The Kier molecular flexibility index (Phi) is 4.58. The summed E-state index contributed by atoms with van der Waals surface area (Å²) < 4.78 is 24.4. The Morgan fingerprint density at radius 1 is 0.952 bits per heavy atom. The smallest absolute Gasteiger partial charge is 0.177 e. The van der Waals surface area contributed by atoms with Gasteiger partial charge in [-0.05, 0) is 19.4 Å². The molecule has 0 saturated heterocycles. The molecular weight excluding hydrogens is 284 g/mol. The van der Waals surface area contributed by atoms with E-state index in [9.17, 15) is 13.2 Å². The lowest BCUT2D eigenvalue weighted by Gasteiger charge is -2.06. The summed E-state index contributed by atoms with van der Waals surface area (Å²) in [5.41, 5.74) is 3.21. The van der Waals surface area contributed by atoms with Crippen LogP contribution in [0.2, 0.25) is 0 Å². The van der Waals surface area contributed by atoms with Gasteiger partial charge in [-0.25, -0.2) is 8.42 Å². The van der Waals surface area contributed by atoms with E-state index in [0.29, 0.717) is 5.56 Å². The van der Waals surface area contributed by atoms with Crippen molar-refractivity contribution in [3.05, 3.63) is 70.8 Å². The largest absolute Gasteiger partial charge is 0.293 e. The Hall–Kier alpha value is -1.94. The van der Waals surface area contributed by atoms with E-state index in [1.54, 1.807) is 30.3 Å². The molecule has 2 aromatic rings. The quantitative estimate of drug-likeness (QED) is 0.797. The lowest BCUT2D eigenvalue weighted by molar-refractivity contribution is 0.102. The average Bonchev–Trinajstić information content (AvgIpc) is 2.37. The average molecular weight is 302 g/mol. The number of rotatable bonds is 5. The molecule has 0 aliphatic rings. The first-order chi connectivity index (χ1) is 9.85. The fourth-order valence-electron chi connectivity index (χ4n) is 2.36. The summed E-state index contributed by atoms with van der Waals surface area (Å²) in [6.45, 7) is 3.86. The van der Waals surface area contributed by atoms with E-state index < -0.39 is 15.6 Å². The Morgan fingerprint density at radius 3 is 2.10 bits per heavy atom. The van der Waals surface area contributed by atoms with Crippen molar-refractivity contribution in [1.82, 2.24) is 0 Å². The summed E-state index contributed by atoms with van der Waals surface area (Å²) in [5.74, 6) is -0.919. The van der Waals surface area contributed by atoms with Crippen LogP contribution in [0.4, 0.5) is 0 Å². The minimum atomic E-state index is -3.47. The van der Waals surface area contributed by atoms with Gasteiger partial charge in [0, 0.05) is 5.56 Å². The number of benzene rings is 2. The molecule has 0 bridgehead atoms. The zero-order chi connectivity index (χ0) is 15.5. The summed E-state index contributed by atoms with van der Waals surface area (Å²) in [4.78, 5) is 12.0. The molecule has 0 saturated carbocycles. The van der Waals surface area contributed by atoms with Crippen LogP contribution >= 0.6 is 0 Å². The summed E-state index contributed by atoms with van der Waals surface area (Å²) in [6.07, 6.45) is 0. The highest BCUT2D eigenvalue weighted by molar-refractivity contribution is 7.91. The highest BCUT2D eigenvalue weighted by atomic mass is 32.2. The lowest BCUT2D eigenvalue weighted by Crippen LogP contribution is -2.18. The van der Waals surface area contributed by atoms with E-state index in [1.807, 2.05) is 32.0 Å². The summed E-state index contributed by atoms with van der Waals surface area (Å²) in [6, 6.07) is 14.2. The highest BCUT2D eigenvalue weighted by Gasteiger charge is 2.18. The van der Waals surface area contributed by atoms with E-state index >= 15 is 0 Å². The molecule has 0 fully saturated rings. The van der Waals surface area contributed by atoms with Gasteiger partial charge in [0.05, 0.1) is 5.75 Å². The van der Waals surface area contributed by atoms with Crippen LogP contribution in [-0.2, 0) is 15.6 Å². The fourth-order valence-corrected chi connectivity index (χ4v) is 3.71. The van der Waals surface area contributed by atoms with Gasteiger partial charge in [-0.3, -0.25) is 4.79 Å². The number of hydrogen-bond acceptors (Lipinski definition) is 3. The standard InChI is InChI=1S/C17H18O3S/c1-13-8-14(2)10-15(9-13)11-21(19,20)12-17(18)16-6-4-3-5-7-16/h3-10H,11-12H2,1-2H3. The van der Waals surface area contributed by atoms with Crippen LogP contribution in [0.15, 0.2) is 48.5 Å². The van der Waals surface area contributed by atoms with Gasteiger partial charge in [-0.15, -0.1) is 0 Å². The first kappa shape index (κ1) is 15.4. The van der Waals surface area contributed by atoms with Crippen molar-refractivity contribution >= 4 is 15.6 Å².